The number of benzene rings is 2. The summed E-state index contributed by atoms with van der Waals surface area (Å²) in [4.78, 5) is 43.9. The lowest BCUT2D eigenvalue weighted by Gasteiger charge is -2.25. The third-order valence-electron chi connectivity index (χ3n) is 6.48. The van der Waals surface area contributed by atoms with Crippen molar-refractivity contribution in [2.24, 2.45) is 4.99 Å². The van der Waals surface area contributed by atoms with Gasteiger partial charge in [-0.1, -0.05) is 29.5 Å². The first kappa shape index (κ1) is 28.3. The lowest BCUT2D eigenvalue weighted by atomic mass is 9.96. The summed E-state index contributed by atoms with van der Waals surface area (Å²) in [5.41, 5.74) is 2.20. The normalized spacial score (nSPS) is 14.9. The Bertz CT molecular complexity index is 1880. The van der Waals surface area contributed by atoms with Crippen molar-refractivity contribution < 1.29 is 28.2 Å². The SMILES string of the molecule is CCOC(=O)C1=C(C)N=c2s/c(=C\c3ccc(-c4cccc(C(=O)OC)c4)o3)c(=O)n2C1c1ccc(OC)c(Br)c1. The Hall–Kier alpha value is -4.22. The molecule has 0 saturated heterocycles. The van der Waals surface area contributed by atoms with Crippen molar-refractivity contribution in [1.29, 1.82) is 0 Å². The summed E-state index contributed by atoms with van der Waals surface area (Å²) < 4.78 is 24.1. The molecule has 2 aromatic carbocycles. The van der Waals surface area contributed by atoms with Crippen LogP contribution >= 0.6 is 27.3 Å². The molecular formula is C30H25BrN2O7S. The van der Waals surface area contributed by atoms with E-state index in [9.17, 15) is 14.4 Å². The van der Waals surface area contributed by atoms with Gasteiger partial charge in [0.05, 0.1) is 52.7 Å². The van der Waals surface area contributed by atoms with Crippen LogP contribution in [0.2, 0.25) is 0 Å². The molecule has 1 aliphatic rings. The molecule has 210 valence electrons. The van der Waals surface area contributed by atoms with E-state index in [1.54, 1.807) is 63.4 Å². The van der Waals surface area contributed by atoms with Gasteiger partial charge in [-0.05, 0) is 71.7 Å². The lowest BCUT2D eigenvalue weighted by molar-refractivity contribution is -0.139. The second-order valence-electron chi connectivity index (χ2n) is 8.97. The molecular weight excluding hydrogens is 612 g/mol. The van der Waals surface area contributed by atoms with E-state index in [4.69, 9.17) is 18.6 Å². The standard InChI is InChI=1S/C30H25BrN2O7S/c1-5-39-29(36)25-16(2)32-30-33(26(25)18-9-11-23(37-3)21(31)14-18)27(34)24(41-30)15-20-10-12-22(40-20)17-7-6-8-19(13-17)28(35)38-4/h6-15,26H,5H2,1-4H3/b24-15-. The summed E-state index contributed by atoms with van der Waals surface area (Å²) in [5, 5.41) is 0. The van der Waals surface area contributed by atoms with Crippen LogP contribution in [0.3, 0.4) is 0 Å². The largest absolute Gasteiger partial charge is 0.496 e. The maximum Gasteiger partial charge on any atom is 0.338 e. The zero-order chi connectivity index (χ0) is 29.3. The number of thiazole rings is 1. The number of carbonyl (C=O) groups is 2. The minimum atomic E-state index is -0.761. The zero-order valence-corrected chi connectivity index (χ0v) is 25.0. The van der Waals surface area contributed by atoms with Crippen LogP contribution in [0.1, 0.15) is 41.6 Å². The average molecular weight is 638 g/mol. The third-order valence-corrected chi connectivity index (χ3v) is 8.08. The second kappa shape index (κ2) is 11.7. The number of halogens is 1. The molecule has 0 aliphatic carbocycles. The van der Waals surface area contributed by atoms with E-state index in [0.717, 1.165) is 0 Å². The van der Waals surface area contributed by atoms with E-state index in [1.807, 2.05) is 18.2 Å². The summed E-state index contributed by atoms with van der Waals surface area (Å²) in [7, 11) is 2.89. The summed E-state index contributed by atoms with van der Waals surface area (Å²) in [5.74, 6) is 0.598. The summed E-state index contributed by atoms with van der Waals surface area (Å²) in [6.07, 6.45) is 1.64. The molecule has 0 fully saturated rings. The number of fused-ring (bicyclic) bond motifs is 1. The van der Waals surface area contributed by atoms with Gasteiger partial charge < -0.3 is 18.6 Å². The number of furan rings is 1. The highest BCUT2D eigenvalue weighted by atomic mass is 79.9. The summed E-state index contributed by atoms with van der Waals surface area (Å²) in [6.45, 7) is 3.64. The Balaban J connectivity index is 1.61. The molecule has 0 bridgehead atoms. The van der Waals surface area contributed by atoms with Gasteiger partial charge in [-0.25, -0.2) is 14.6 Å². The predicted molar refractivity (Wildman–Crippen MR) is 157 cm³/mol. The molecule has 0 saturated carbocycles. The van der Waals surface area contributed by atoms with Crippen molar-refractivity contribution in [3.8, 4) is 17.1 Å². The van der Waals surface area contributed by atoms with Gasteiger partial charge in [0.2, 0.25) is 0 Å². The Morgan fingerprint density at radius 1 is 1.12 bits per heavy atom. The number of rotatable bonds is 7. The van der Waals surface area contributed by atoms with E-state index >= 15 is 0 Å². The predicted octanol–water partition coefficient (Wildman–Crippen LogP) is 4.62. The molecule has 11 heteroatoms. The fraction of sp³-hybridized carbons (Fsp3) is 0.200. The van der Waals surface area contributed by atoms with Gasteiger partial charge in [-0.3, -0.25) is 9.36 Å². The topological polar surface area (TPSA) is 109 Å². The van der Waals surface area contributed by atoms with Gasteiger partial charge in [-0.15, -0.1) is 0 Å². The first-order valence-corrected chi connectivity index (χ1v) is 14.2. The van der Waals surface area contributed by atoms with E-state index in [2.05, 4.69) is 20.9 Å². The van der Waals surface area contributed by atoms with E-state index < -0.39 is 18.0 Å². The van der Waals surface area contributed by atoms with Crippen molar-refractivity contribution in [3.63, 3.8) is 0 Å². The first-order chi connectivity index (χ1) is 19.7. The van der Waals surface area contributed by atoms with Gasteiger partial charge in [0.1, 0.15) is 17.3 Å². The Morgan fingerprint density at radius 2 is 1.93 bits per heavy atom. The maximum atomic E-state index is 13.8. The number of carbonyl (C=O) groups excluding carboxylic acids is 2. The minimum Gasteiger partial charge on any atom is -0.496 e. The van der Waals surface area contributed by atoms with E-state index in [0.29, 0.717) is 53.5 Å². The van der Waals surface area contributed by atoms with Crippen LogP contribution in [-0.4, -0.2) is 37.3 Å². The lowest BCUT2D eigenvalue weighted by Crippen LogP contribution is -2.39. The van der Waals surface area contributed by atoms with Crippen molar-refractivity contribution >= 4 is 45.3 Å². The van der Waals surface area contributed by atoms with Crippen LogP contribution in [-0.2, 0) is 14.3 Å². The van der Waals surface area contributed by atoms with Crippen molar-refractivity contribution in [2.75, 3.05) is 20.8 Å². The van der Waals surface area contributed by atoms with E-state index in [-0.39, 0.29) is 17.7 Å². The van der Waals surface area contributed by atoms with Crippen LogP contribution in [0.5, 0.6) is 5.75 Å². The van der Waals surface area contributed by atoms with E-state index in [1.165, 1.54) is 23.0 Å². The van der Waals surface area contributed by atoms with Crippen LogP contribution in [0.25, 0.3) is 17.4 Å². The number of esters is 2. The highest BCUT2D eigenvalue weighted by Gasteiger charge is 2.33. The third kappa shape index (κ3) is 5.42. The van der Waals surface area contributed by atoms with Gasteiger partial charge in [0, 0.05) is 11.6 Å². The van der Waals surface area contributed by atoms with Gasteiger partial charge >= 0.3 is 11.9 Å². The number of hydrogen-bond acceptors (Lipinski definition) is 9. The number of methoxy groups -OCH3 is 2. The number of ether oxygens (including phenoxy) is 3. The molecule has 4 aromatic rings. The molecule has 1 aliphatic heterocycles. The minimum absolute atomic E-state index is 0.183. The molecule has 2 aromatic heterocycles. The average Bonchev–Trinajstić information content (AvgIpc) is 3.56. The molecule has 9 nitrogen and oxygen atoms in total. The number of allylic oxidation sites excluding steroid dienone is 1. The van der Waals surface area contributed by atoms with Crippen LogP contribution in [0.4, 0.5) is 0 Å². The van der Waals surface area contributed by atoms with Crippen molar-refractivity contribution in [2.45, 2.75) is 19.9 Å². The molecule has 5 rings (SSSR count). The number of hydrogen-bond donors (Lipinski definition) is 0. The zero-order valence-electron chi connectivity index (χ0n) is 22.6. The first-order valence-electron chi connectivity index (χ1n) is 12.6. The maximum absolute atomic E-state index is 13.8. The van der Waals surface area contributed by atoms with Crippen molar-refractivity contribution in [1.82, 2.24) is 4.57 Å². The van der Waals surface area contributed by atoms with Crippen LogP contribution in [0, 0.1) is 0 Å². The summed E-state index contributed by atoms with van der Waals surface area (Å²) >= 11 is 4.71. The smallest absolute Gasteiger partial charge is 0.338 e. The van der Waals surface area contributed by atoms with Crippen LogP contribution in [0.15, 0.2) is 84.5 Å². The monoisotopic (exact) mass is 636 g/mol. The van der Waals surface area contributed by atoms with Crippen LogP contribution < -0.4 is 19.6 Å². The molecule has 0 radical (unpaired) electrons. The Morgan fingerprint density at radius 3 is 2.63 bits per heavy atom. The molecule has 1 unspecified atom stereocenters. The fourth-order valence-electron chi connectivity index (χ4n) is 4.59. The summed E-state index contributed by atoms with van der Waals surface area (Å²) in [6, 6.07) is 15.0. The Kier molecular flexibility index (Phi) is 8.09. The highest BCUT2D eigenvalue weighted by molar-refractivity contribution is 9.10. The molecule has 0 spiro atoms. The van der Waals surface area contributed by atoms with Gasteiger partial charge in [0.25, 0.3) is 5.56 Å². The molecule has 0 amide bonds. The quantitative estimate of drug-likeness (QED) is 0.272. The van der Waals surface area contributed by atoms with Crippen molar-refractivity contribution in [3.05, 3.63) is 107 Å². The van der Waals surface area contributed by atoms with Gasteiger partial charge in [-0.2, -0.15) is 0 Å². The Labute approximate surface area is 247 Å². The molecule has 1 atom stereocenters. The fourth-order valence-corrected chi connectivity index (χ4v) is 6.18. The number of aromatic nitrogens is 1. The molecule has 41 heavy (non-hydrogen) atoms. The number of nitrogens with zero attached hydrogens (tertiary/aromatic N) is 2. The molecule has 0 N–H and O–H groups in total. The second-order valence-corrected chi connectivity index (χ2v) is 10.8. The van der Waals surface area contributed by atoms with Gasteiger partial charge in [0.15, 0.2) is 4.80 Å². The molecule has 3 heterocycles. The highest BCUT2D eigenvalue weighted by Crippen LogP contribution is 2.35.